The molecule has 13 heteroatoms. The van der Waals surface area contributed by atoms with Gasteiger partial charge in [-0.25, -0.2) is 4.79 Å². The third kappa shape index (κ3) is 8.15. The van der Waals surface area contributed by atoms with Crippen LogP contribution in [0.1, 0.15) is 18.9 Å². The molecule has 0 saturated carbocycles. The molecule has 5 unspecified atom stereocenters. The predicted octanol–water partition coefficient (Wildman–Crippen LogP) is -0.360. The zero-order valence-electron chi connectivity index (χ0n) is 20.1. The first-order valence-corrected chi connectivity index (χ1v) is 13.3. The number of carboxylic acid groups (broad SMARTS) is 1. The van der Waals surface area contributed by atoms with Gasteiger partial charge in [0.15, 0.2) is 0 Å². The molecule has 0 spiro atoms. The quantitative estimate of drug-likeness (QED) is 0.150. The van der Waals surface area contributed by atoms with Gasteiger partial charge < -0.3 is 36.9 Å². The number of aromatic nitrogens is 1. The molecule has 11 nitrogen and oxygen atoms in total. The average molecular weight is 540 g/mol. The van der Waals surface area contributed by atoms with Crippen molar-refractivity contribution in [1.29, 1.82) is 0 Å². The van der Waals surface area contributed by atoms with Gasteiger partial charge in [0.25, 0.3) is 0 Å². The van der Waals surface area contributed by atoms with E-state index in [-0.39, 0.29) is 18.6 Å². The Hall–Kier alpha value is -2.74. The smallest absolute Gasteiger partial charge is 0.326 e. The number of aliphatic hydroxyl groups is 1. The largest absolute Gasteiger partial charge is 0.480 e. The molecule has 8 N–H and O–H groups in total. The Morgan fingerprint density at radius 2 is 1.75 bits per heavy atom. The van der Waals surface area contributed by atoms with Crippen molar-refractivity contribution in [2.75, 3.05) is 17.8 Å². The van der Waals surface area contributed by atoms with Gasteiger partial charge in [-0.1, -0.05) is 18.2 Å². The van der Waals surface area contributed by atoms with E-state index in [9.17, 15) is 29.4 Å². The fraction of sp³-hybridized carbons (Fsp3) is 0.478. The number of aliphatic hydroxyl groups excluding tert-OH is 1. The number of carbonyl (C=O) groups excluding carboxylic acids is 3. The highest BCUT2D eigenvalue weighted by Crippen LogP contribution is 2.18. The number of thioether (sulfide) groups is 1. The van der Waals surface area contributed by atoms with Crippen LogP contribution in [0.4, 0.5) is 0 Å². The summed E-state index contributed by atoms with van der Waals surface area (Å²) in [5.41, 5.74) is 7.84. The summed E-state index contributed by atoms with van der Waals surface area (Å²) in [7, 11) is 0. The molecular weight excluding hydrogens is 506 g/mol. The number of benzene rings is 1. The van der Waals surface area contributed by atoms with E-state index in [1.165, 1.54) is 18.7 Å². The lowest BCUT2D eigenvalue weighted by Crippen LogP contribution is -2.60. The van der Waals surface area contributed by atoms with Crippen molar-refractivity contribution in [1.82, 2.24) is 20.9 Å². The third-order valence-electron chi connectivity index (χ3n) is 5.55. The van der Waals surface area contributed by atoms with Gasteiger partial charge in [0.1, 0.15) is 18.1 Å². The van der Waals surface area contributed by atoms with Crippen LogP contribution >= 0.6 is 24.4 Å². The number of hydrogen-bond acceptors (Lipinski definition) is 8. The highest BCUT2D eigenvalue weighted by Gasteiger charge is 2.32. The third-order valence-corrected chi connectivity index (χ3v) is 6.56. The van der Waals surface area contributed by atoms with Crippen molar-refractivity contribution >= 4 is 59.0 Å². The van der Waals surface area contributed by atoms with Gasteiger partial charge in [0.2, 0.25) is 17.7 Å². The van der Waals surface area contributed by atoms with Crippen LogP contribution in [-0.2, 0) is 25.6 Å². The second kappa shape index (κ2) is 14.1. The minimum Gasteiger partial charge on any atom is -0.480 e. The molecule has 0 aliphatic carbocycles. The first-order chi connectivity index (χ1) is 17.1. The fourth-order valence-corrected chi connectivity index (χ4v) is 4.25. The molecule has 0 aliphatic heterocycles. The maximum absolute atomic E-state index is 12.8. The number of carbonyl (C=O) groups is 4. The number of aliphatic carboxylic acids is 1. The molecule has 0 bridgehead atoms. The summed E-state index contributed by atoms with van der Waals surface area (Å²) in [6.07, 6.45) is 2.65. The number of H-pyrrole nitrogens is 1. The van der Waals surface area contributed by atoms with Gasteiger partial charge in [0.05, 0.1) is 12.1 Å². The van der Waals surface area contributed by atoms with Crippen molar-refractivity contribution in [2.45, 2.75) is 50.0 Å². The maximum atomic E-state index is 12.8. The zero-order chi connectivity index (χ0) is 26.8. The lowest BCUT2D eigenvalue weighted by atomic mass is 10.0. The van der Waals surface area contributed by atoms with E-state index in [0.29, 0.717) is 5.75 Å². The van der Waals surface area contributed by atoms with Crippen molar-refractivity contribution < 1.29 is 29.4 Å². The Labute approximate surface area is 218 Å². The molecule has 0 radical (unpaired) electrons. The Bertz CT molecular complexity index is 1060. The SMILES string of the molecule is CSCCC(NC(=O)C(NC(=O)C(CS)NC(=O)C(N)Cc1c[nH]c2ccccc12)C(C)O)C(=O)O. The lowest BCUT2D eigenvalue weighted by molar-refractivity contribution is -0.143. The monoisotopic (exact) mass is 539 g/mol. The van der Waals surface area contributed by atoms with E-state index in [2.05, 4.69) is 33.6 Å². The van der Waals surface area contributed by atoms with Crippen molar-refractivity contribution in [3.63, 3.8) is 0 Å². The van der Waals surface area contributed by atoms with Crippen LogP contribution in [0, 0.1) is 0 Å². The number of nitrogens with one attached hydrogen (secondary N) is 4. The number of aromatic amines is 1. The van der Waals surface area contributed by atoms with Crippen molar-refractivity contribution in [2.24, 2.45) is 5.73 Å². The van der Waals surface area contributed by atoms with E-state index >= 15 is 0 Å². The average Bonchev–Trinajstić information content (AvgIpc) is 3.25. The number of thiol groups is 1. The number of amides is 3. The van der Waals surface area contributed by atoms with Crippen LogP contribution in [0.15, 0.2) is 30.5 Å². The Morgan fingerprint density at radius 1 is 1.08 bits per heavy atom. The first kappa shape index (κ1) is 29.5. The highest BCUT2D eigenvalue weighted by atomic mass is 32.2. The van der Waals surface area contributed by atoms with Crippen LogP contribution < -0.4 is 21.7 Å². The van der Waals surface area contributed by atoms with Gasteiger partial charge in [-0.15, -0.1) is 0 Å². The first-order valence-electron chi connectivity index (χ1n) is 11.3. The Kier molecular flexibility index (Phi) is 11.6. The standard InChI is InChI=1S/C23H33N5O6S2/c1-12(29)19(22(32)26-17(23(33)34)7-8-36-2)28-21(31)18(11-35)27-20(30)15(24)9-13-10-25-16-6-4-3-5-14(13)16/h3-6,10,12,15,17-19,25,29,35H,7-9,11,24H2,1-2H3,(H,26,32)(H,27,30)(H,28,31)(H,33,34). The summed E-state index contributed by atoms with van der Waals surface area (Å²) in [6, 6.07) is 2.87. The summed E-state index contributed by atoms with van der Waals surface area (Å²) in [4.78, 5) is 52.7. The van der Waals surface area contributed by atoms with Crippen molar-refractivity contribution in [3.8, 4) is 0 Å². The van der Waals surface area contributed by atoms with Gasteiger partial charge in [-0.3, -0.25) is 14.4 Å². The van der Waals surface area contributed by atoms with Gasteiger partial charge in [0, 0.05) is 22.9 Å². The number of nitrogens with two attached hydrogens (primary N) is 1. The molecule has 0 aliphatic rings. The summed E-state index contributed by atoms with van der Waals surface area (Å²) in [6.45, 7) is 1.29. The normalized spacial score (nSPS) is 15.4. The summed E-state index contributed by atoms with van der Waals surface area (Å²) < 4.78 is 0. The number of rotatable bonds is 14. The number of para-hydroxylation sites is 1. The molecule has 1 aromatic carbocycles. The fourth-order valence-electron chi connectivity index (χ4n) is 3.52. The molecule has 2 aromatic rings. The second-order valence-electron chi connectivity index (χ2n) is 8.32. The second-order valence-corrected chi connectivity index (χ2v) is 9.67. The van der Waals surface area contributed by atoms with Crippen molar-refractivity contribution in [3.05, 3.63) is 36.0 Å². The van der Waals surface area contributed by atoms with Gasteiger partial charge >= 0.3 is 5.97 Å². The number of carboxylic acids is 1. The van der Waals surface area contributed by atoms with E-state index < -0.39 is 54.0 Å². The van der Waals surface area contributed by atoms with Gasteiger partial charge in [-0.05, 0) is 43.4 Å². The molecule has 0 saturated heterocycles. The van der Waals surface area contributed by atoms with Crippen LogP contribution in [0.25, 0.3) is 10.9 Å². The molecule has 1 aromatic heterocycles. The Balaban J connectivity index is 2.01. The number of fused-ring (bicyclic) bond motifs is 1. The van der Waals surface area contributed by atoms with Crippen LogP contribution in [0.2, 0.25) is 0 Å². The zero-order valence-corrected chi connectivity index (χ0v) is 21.8. The topological polar surface area (TPSA) is 187 Å². The summed E-state index contributed by atoms with van der Waals surface area (Å²) in [5.74, 6) is -3.04. The van der Waals surface area contributed by atoms with Gasteiger partial charge in [-0.2, -0.15) is 24.4 Å². The molecular formula is C23H33N5O6S2. The molecule has 1 heterocycles. The highest BCUT2D eigenvalue weighted by molar-refractivity contribution is 7.98. The molecule has 3 amide bonds. The minimum absolute atomic E-state index is 0.100. The molecule has 36 heavy (non-hydrogen) atoms. The molecule has 2 rings (SSSR count). The van der Waals surface area contributed by atoms with E-state index in [1.807, 2.05) is 24.3 Å². The predicted molar refractivity (Wildman–Crippen MR) is 142 cm³/mol. The lowest BCUT2D eigenvalue weighted by Gasteiger charge is -2.26. The number of hydrogen-bond donors (Lipinski definition) is 8. The molecule has 198 valence electrons. The minimum atomic E-state index is -1.44. The summed E-state index contributed by atoms with van der Waals surface area (Å²) in [5, 5.41) is 27.6. The molecule has 0 fully saturated rings. The maximum Gasteiger partial charge on any atom is 0.326 e. The van der Waals surface area contributed by atoms with E-state index in [0.717, 1.165) is 16.5 Å². The Morgan fingerprint density at radius 3 is 2.36 bits per heavy atom. The molecule has 5 atom stereocenters. The van der Waals surface area contributed by atoms with E-state index in [4.69, 9.17) is 5.73 Å². The van der Waals surface area contributed by atoms with Crippen LogP contribution in [0.3, 0.4) is 0 Å². The summed E-state index contributed by atoms with van der Waals surface area (Å²) >= 11 is 5.54. The van der Waals surface area contributed by atoms with Crippen LogP contribution in [0.5, 0.6) is 0 Å². The van der Waals surface area contributed by atoms with Crippen LogP contribution in [-0.4, -0.2) is 86.9 Å². The van der Waals surface area contributed by atoms with E-state index in [1.54, 1.807) is 12.5 Å².